The lowest BCUT2D eigenvalue weighted by Crippen LogP contribution is -2.46. The van der Waals surface area contributed by atoms with E-state index in [1.807, 2.05) is 80.5 Å². The van der Waals surface area contributed by atoms with Crippen molar-refractivity contribution < 1.29 is 37.0 Å². The van der Waals surface area contributed by atoms with Crippen LogP contribution in [0.15, 0.2) is 62.9 Å². The predicted molar refractivity (Wildman–Crippen MR) is 173 cm³/mol. The number of allylic oxidation sites excluding steroid dienone is 1. The summed E-state index contributed by atoms with van der Waals surface area (Å²) in [5.74, 6) is -0.553. The van der Waals surface area contributed by atoms with Crippen molar-refractivity contribution in [3.05, 3.63) is 75.4 Å². The first-order chi connectivity index (χ1) is 20.5. The van der Waals surface area contributed by atoms with Crippen LogP contribution in [-0.4, -0.2) is 48.9 Å². The fourth-order valence-electron chi connectivity index (χ4n) is 5.58. The first-order valence-corrected chi connectivity index (χ1v) is 15.6. The van der Waals surface area contributed by atoms with Crippen molar-refractivity contribution in [3.63, 3.8) is 0 Å². The number of hydrogen-bond donors (Lipinski definition) is 1. The van der Waals surface area contributed by atoms with Gasteiger partial charge in [-0.25, -0.2) is 4.39 Å². The van der Waals surface area contributed by atoms with E-state index in [1.54, 1.807) is 6.07 Å². The topological polar surface area (TPSA) is 88.4 Å². The number of furan rings is 1. The number of halogens is 2. The van der Waals surface area contributed by atoms with Gasteiger partial charge in [0, 0.05) is 12.1 Å². The smallest absolute Gasteiger partial charge is 0.489 e. The molecule has 1 amide bonds. The molecular formula is C32H39B2BrFNO7. The van der Waals surface area contributed by atoms with E-state index in [9.17, 15) is 4.79 Å². The highest BCUT2D eigenvalue weighted by molar-refractivity contribution is 9.10. The van der Waals surface area contributed by atoms with Crippen LogP contribution in [0.5, 0.6) is 0 Å². The minimum atomic E-state index is -0.903. The Morgan fingerprint density at radius 2 is 1.57 bits per heavy atom. The third-order valence-electron chi connectivity index (χ3n) is 9.34. The maximum Gasteiger partial charge on any atom is 0.489 e. The number of amides is 1. The molecule has 0 bridgehead atoms. The molecule has 44 heavy (non-hydrogen) atoms. The van der Waals surface area contributed by atoms with Gasteiger partial charge in [0.05, 0.1) is 45.1 Å². The largest absolute Gasteiger partial charge is 0.498 e. The second-order valence-electron chi connectivity index (χ2n) is 12.9. The molecule has 1 atom stereocenters. The summed E-state index contributed by atoms with van der Waals surface area (Å²) in [7, 11) is -1.47. The lowest BCUT2D eigenvalue weighted by atomic mass is 9.49. The number of rotatable bonds is 8. The van der Waals surface area contributed by atoms with Crippen LogP contribution in [0.1, 0.15) is 78.2 Å². The number of para-hydroxylation sites is 1. The predicted octanol–water partition coefficient (Wildman–Crippen LogP) is 7.68. The Morgan fingerprint density at radius 3 is 2.23 bits per heavy atom. The molecular weight excluding hydrogens is 631 g/mol. The van der Waals surface area contributed by atoms with Crippen LogP contribution >= 0.6 is 15.9 Å². The third-order valence-corrected chi connectivity index (χ3v) is 9.93. The van der Waals surface area contributed by atoms with Gasteiger partial charge >= 0.3 is 14.0 Å². The lowest BCUT2D eigenvalue weighted by Gasteiger charge is -2.38. The van der Waals surface area contributed by atoms with E-state index in [1.165, 1.54) is 18.4 Å². The van der Waals surface area contributed by atoms with Crippen molar-refractivity contribution in [2.45, 2.75) is 91.1 Å². The first kappa shape index (κ1) is 32.8. The molecule has 1 aromatic heterocycles. The normalized spacial score (nSPS) is 22.8. The fourth-order valence-corrected chi connectivity index (χ4v) is 6.11. The van der Waals surface area contributed by atoms with Gasteiger partial charge in [-0.15, -0.1) is 0 Å². The Morgan fingerprint density at radius 1 is 0.955 bits per heavy atom. The van der Waals surface area contributed by atoms with Gasteiger partial charge in [0.2, 0.25) is 0 Å². The van der Waals surface area contributed by atoms with Crippen molar-refractivity contribution >= 4 is 52.5 Å². The maximum absolute atomic E-state index is 15.3. The molecule has 2 aromatic carbocycles. The van der Waals surface area contributed by atoms with E-state index in [2.05, 4.69) is 21.2 Å². The highest BCUT2D eigenvalue weighted by atomic mass is 79.9. The van der Waals surface area contributed by atoms with Crippen LogP contribution in [0, 0.1) is 5.82 Å². The lowest BCUT2D eigenvalue weighted by molar-refractivity contribution is 0.00578. The molecule has 2 saturated heterocycles. The molecule has 8 nitrogen and oxygen atoms in total. The Hall–Kier alpha value is -2.63. The molecule has 3 heterocycles. The van der Waals surface area contributed by atoms with E-state index in [-0.39, 0.29) is 10.9 Å². The molecule has 1 unspecified atom stereocenters. The number of anilines is 1. The molecule has 0 spiro atoms. The maximum atomic E-state index is 15.3. The SMILES string of the molecule is CCO/C(Cc1ccccc1NC(=O)c1cc(Br)c2occc2c1F)=C(\C)C1(C)OB(B2OC(C)(C)C(C)(C)O2)OC1(C)C. The summed E-state index contributed by atoms with van der Waals surface area (Å²) in [4.78, 5) is 13.3. The summed E-state index contributed by atoms with van der Waals surface area (Å²) in [6, 6.07) is 10.3. The molecule has 5 rings (SSSR count). The average molecular weight is 670 g/mol. The number of ether oxygens (including phenoxy) is 1. The molecule has 0 aliphatic carbocycles. The first-order valence-electron chi connectivity index (χ1n) is 14.8. The van der Waals surface area contributed by atoms with Gasteiger partial charge < -0.3 is 33.1 Å². The summed E-state index contributed by atoms with van der Waals surface area (Å²) >= 11 is 3.38. The summed E-state index contributed by atoms with van der Waals surface area (Å²) in [5.41, 5.74) is -0.335. The van der Waals surface area contributed by atoms with Crippen LogP contribution < -0.4 is 5.32 Å². The summed E-state index contributed by atoms with van der Waals surface area (Å²) in [5, 5.41) is 3.12. The van der Waals surface area contributed by atoms with Crippen LogP contribution in [0.2, 0.25) is 0 Å². The zero-order chi connectivity index (χ0) is 32.2. The van der Waals surface area contributed by atoms with Crippen molar-refractivity contribution in [2.75, 3.05) is 11.9 Å². The highest BCUT2D eigenvalue weighted by Crippen LogP contribution is 2.47. The van der Waals surface area contributed by atoms with E-state index in [0.29, 0.717) is 34.5 Å². The van der Waals surface area contributed by atoms with Crippen molar-refractivity contribution in [1.29, 1.82) is 0 Å². The summed E-state index contributed by atoms with van der Waals surface area (Å²) < 4.78 is 52.9. The van der Waals surface area contributed by atoms with Crippen molar-refractivity contribution in [2.24, 2.45) is 0 Å². The molecule has 2 aliphatic rings. The fraction of sp³-hybridized carbons (Fsp3) is 0.469. The highest BCUT2D eigenvalue weighted by Gasteiger charge is 2.65. The number of benzene rings is 2. The molecule has 1 N–H and O–H groups in total. The van der Waals surface area contributed by atoms with E-state index < -0.39 is 48.1 Å². The molecule has 3 aromatic rings. The molecule has 2 fully saturated rings. The summed E-state index contributed by atoms with van der Waals surface area (Å²) in [6.07, 6.45) is 1.73. The molecule has 2 aliphatic heterocycles. The molecule has 0 saturated carbocycles. The number of nitrogens with one attached hydrogen (secondary N) is 1. The van der Waals surface area contributed by atoms with Crippen LogP contribution in [0.4, 0.5) is 10.1 Å². The van der Waals surface area contributed by atoms with E-state index in [0.717, 1.165) is 11.1 Å². The third kappa shape index (κ3) is 5.64. The second kappa shape index (κ2) is 11.6. The van der Waals surface area contributed by atoms with Crippen LogP contribution in [-0.2, 0) is 29.8 Å². The Kier molecular flexibility index (Phi) is 8.65. The van der Waals surface area contributed by atoms with Gasteiger partial charge in [-0.05, 0) is 108 Å². The Balaban J connectivity index is 1.43. The zero-order valence-electron chi connectivity index (χ0n) is 26.7. The van der Waals surface area contributed by atoms with Crippen LogP contribution in [0.3, 0.4) is 0 Å². The molecule has 12 heteroatoms. The Labute approximate surface area is 267 Å². The van der Waals surface area contributed by atoms with Crippen molar-refractivity contribution in [3.8, 4) is 0 Å². The van der Waals surface area contributed by atoms with Gasteiger partial charge in [0.1, 0.15) is 17.2 Å². The van der Waals surface area contributed by atoms with E-state index >= 15 is 4.39 Å². The number of hydrogen-bond acceptors (Lipinski definition) is 7. The molecule has 0 radical (unpaired) electrons. The van der Waals surface area contributed by atoms with Gasteiger partial charge in [-0.1, -0.05) is 18.2 Å². The average Bonchev–Trinajstić information content (AvgIpc) is 3.59. The van der Waals surface area contributed by atoms with Gasteiger partial charge in [-0.3, -0.25) is 4.79 Å². The number of carbonyl (C=O) groups excluding carboxylic acids is 1. The van der Waals surface area contributed by atoms with Crippen molar-refractivity contribution in [1.82, 2.24) is 0 Å². The Bertz CT molecular complexity index is 1610. The minimum Gasteiger partial charge on any atom is -0.498 e. The van der Waals surface area contributed by atoms with Gasteiger partial charge in [0.25, 0.3) is 5.91 Å². The second-order valence-corrected chi connectivity index (χ2v) is 13.8. The van der Waals surface area contributed by atoms with Crippen LogP contribution in [0.25, 0.3) is 11.0 Å². The van der Waals surface area contributed by atoms with Gasteiger partial charge in [0.15, 0.2) is 5.58 Å². The number of fused-ring (bicyclic) bond motifs is 1. The van der Waals surface area contributed by atoms with Gasteiger partial charge in [-0.2, -0.15) is 0 Å². The molecule has 234 valence electrons. The quantitative estimate of drug-likeness (QED) is 0.194. The van der Waals surface area contributed by atoms with E-state index in [4.69, 9.17) is 27.8 Å². The zero-order valence-corrected chi connectivity index (χ0v) is 28.3. The summed E-state index contributed by atoms with van der Waals surface area (Å²) in [6.45, 7) is 18.2. The minimum absolute atomic E-state index is 0.100. The number of carbonyl (C=O) groups is 1. The standard InChI is InChI=1S/C32H39B2BrFNO7/c1-10-39-25(19(2)32(9)31(7,8)43-34(44-32)33-41-29(3,4)30(5,6)42-33)17-20-13-11-12-14-24(20)37-28(38)22-18-23(35)27-21(26(22)36)15-16-40-27/h11-16,18H,10,17H2,1-9H3,(H,37,38)/b25-19+. The monoisotopic (exact) mass is 669 g/mol.